The summed E-state index contributed by atoms with van der Waals surface area (Å²) < 4.78 is 5.89. The van der Waals surface area contributed by atoms with E-state index in [9.17, 15) is 0 Å². The number of hydrogen-bond acceptors (Lipinski definition) is 3. The molecule has 0 spiro atoms. The fraction of sp³-hybridized carbons (Fsp3) is 0.267. The molecule has 2 heterocycles. The van der Waals surface area contributed by atoms with Crippen molar-refractivity contribution in [2.24, 2.45) is 0 Å². The van der Waals surface area contributed by atoms with Crippen molar-refractivity contribution in [3.8, 4) is 5.75 Å². The first kappa shape index (κ1) is 11.1. The molecular weight excluding hydrogens is 224 g/mol. The molecule has 0 fully saturated rings. The van der Waals surface area contributed by atoms with Crippen molar-refractivity contribution >= 4 is 5.69 Å². The Hall–Kier alpha value is -2.03. The number of benzene rings is 1. The zero-order valence-electron chi connectivity index (χ0n) is 10.4. The fourth-order valence-corrected chi connectivity index (χ4v) is 2.26. The number of ether oxygens (including phenoxy) is 1. The van der Waals surface area contributed by atoms with Crippen LogP contribution in [-0.4, -0.2) is 17.6 Å². The van der Waals surface area contributed by atoms with E-state index >= 15 is 0 Å². The lowest BCUT2D eigenvalue weighted by atomic mass is 10.1. The van der Waals surface area contributed by atoms with Crippen molar-refractivity contribution in [1.29, 1.82) is 0 Å². The molecule has 0 radical (unpaired) electrons. The van der Waals surface area contributed by atoms with Gasteiger partial charge in [0.05, 0.1) is 6.54 Å². The molecular formula is C15H16N2O. The Bertz CT molecular complexity index is 529. The number of pyridine rings is 1. The van der Waals surface area contributed by atoms with Gasteiger partial charge >= 0.3 is 0 Å². The van der Waals surface area contributed by atoms with Crippen molar-refractivity contribution in [1.82, 2.24) is 4.98 Å². The molecule has 1 atom stereocenters. The Morgan fingerprint density at radius 3 is 3.06 bits per heavy atom. The van der Waals surface area contributed by atoms with Gasteiger partial charge in [-0.25, -0.2) is 0 Å². The molecule has 3 rings (SSSR count). The van der Waals surface area contributed by atoms with Crippen molar-refractivity contribution < 1.29 is 4.74 Å². The molecule has 1 aromatic heterocycles. The maximum atomic E-state index is 5.89. The largest absolute Gasteiger partial charge is 0.488 e. The average molecular weight is 240 g/mol. The second-order valence-corrected chi connectivity index (χ2v) is 4.62. The molecule has 3 heteroatoms. The summed E-state index contributed by atoms with van der Waals surface area (Å²) in [5.41, 5.74) is 3.59. The van der Waals surface area contributed by atoms with Crippen LogP contribution in [0.25, 0.3) is 0 Å². The summed E-state index contributed by atoms with van der Waals surface area (Å²) in [5, 5.41) is 3.42. The van der Waals surface area contributed by atoms with Crippen LogP contribution >= 0.6 is 0 Å². The summed E-state index contributed by atoms with van der Waals surface area (Å²) in [7, 11) is 0. The number of fused-ring (bicyclic) bond motifs is 1. The second kappa shape index (κ2) is 4.69. The Morgan fingerprint density at radius 1 is 1.33 bits per heavy atom. The number of para-hydroxylation sites is 1. The normalized spacial score (nSPS) is 17.1. The topological polar surface area (TPSA) is 34.2 Å². The molecule has 0 saturated heterocycles. The van der Waals surface area contributed by atoms with Crippen LogP contribution < -0.4 is 10.1 Å². The van der Waals surface area contributed by atoms with Crippen LogP contribution in [-0.2, 0) is 6.42 Å². The zero-order chi connectivity index (χ0) is 12.4. The van der Waals surface area contributed by atoms with Crippen molar-refractivity contribution in [2.45, 2.75) is 19.4 Å². The summed E-state index contributed by atoms with van der Waals surface area (Å²) in [6, 6.07) is 10.2. The third-order valence-corrected chi connectivity index (χ3v) is 3.25. The second-order valence-electron chi connectivity index (χ2n) is 4.62. The Kier molecular flexibility index (Phi) is 2.89. The maximum Gasteiger partial charge on any atom is 0.123 e. The summed E-state index contributed by atoms with van der Waals surface area (Å²) in [5.74, 6) is 1.02. The Labute approximate surface area is 107 Å². The van der Waals surface area contributed by atoms with Gasteiger partial charge in [-0.3, -0.25) is 4.98 Å². The van der Waals surface area contributed by atoms with Gasteiger partial charge in [-0.1, -0.05) is 18.2 Å². The van der Waals surface area contributed by atoms with E-state index < -0.39 is 0 Å². The minimum absolute atomic E-state index is 0.218. The standard InChI is InChI=1S/C15H16N2O/c1-11-9-16-7-6-14(11)17-10-13-8-12-4-2-3-5-15(12)18-13/h2-7,9,13H,8,10H2,1H3,(H,16,17). The molecule has 1 aliphatic rings. The highest BCUT2D eigenvalue weighted by atomic mass is 16.5. The lowest BCUT2D eigenvalue weighted by Crippen LogP contribution is -2.24. The SMILES string of the molecule is Cc1cnccc1NCC1Cc2ccccc2O1. The maximum absolute atomic E-state index is 5.89. The molecule has 1 aromatic carbocycles. The van der Waals surface area contributed by atoms with Gasteiger partial charge in [-0.05, 0) is 30.2 Å². The quantitative estimate of drug-likeness (QED) is 0.895. The highest BCUT2D eigenvalue weighted by Crippen LogP contribution is 2.28. The van der Waals surface area contributed by atoms with Crippen LogP contribution in [0.5, 0.6) is 5.75 Å². The highest BCUT2D eigenvalue weighted by Gasteiger charge is 2.21. The highest BCUT2D eigenvalue weighted by molar-refractivity contribution is 5.49. The van der Waals surface area contributed by atoms with Gasteiger partial charge in [0, 0.05) is 24.5 Å². The van der Waals surface area contributed by atoms with E-state index in [4.69, 9.17) is 4.74 Å². The van der Waals surface area contributed by atoms with Gasteiger partial charge in [-0.15, -0.1) is 0 Å². The van der Waals surface area contributed by atoms with Crippen LogP contribution in [0.2, 0.25) is 0 Å². The summed E-state index contributed by atoms with van der Waals surface area (Å²) in [6.07, 6.45) is 4.87. The Morgan fingerprint density at radius 2 is 2.22 bits per heavy atom. The lowest BCUT2D eigenvalue weighted by molar-refractivity contribution is 0.246. The van der Waals surface area contributed by atoms with Crippen LogP contribution in [0, 0.1) is 6.92 Å². The molecule has 1 unspecified atom stereocenters. The zero-order valence-corrected chi connectivity index (χ0v) is 10.4. The fourth-order valence-electron chi connectivity index (χ4n) is 2.26. The van der Waals surface area contributed by atoms with Crippen LogP contribution in [0.1, 0.15) is 11.1 Å². The third-order valence-electron chi connectivity index (χ3n) is 3.25. The molecule has 0 aliphatic carbocycles. The third kappa shape index (κ3) is 2.16. The van der Waals surface area contributed by atoms with Gasteiger partial charge in [0.25, 0.3) is 0 Å². The van der Waals surface area contributed by atoms with E-state index in [1.807, 2.05) is 24.4 Å². The van der Waals surface area contributed by atoms with Gasteiger partial charge in [0.2, 0.25) is 0 Å². The predicted molar refractivity (Wildman–Crippen MR) is 72.0 cm³/mol. The van der Waals surface area contributed by atoms with E-state index in [0.29, 0.717) is 0 Å². The molecule has 1 aliphatic heterocycles. The molecule has 18 heavy (non-hydrogen) atoms. The monoisotopic (exact) mass is 240 g/mol. The van der Waals surface area contributed by atoms with Gasteiger partial charge in [-0.2, -0.15) is 0 Å². The number of nitrogens with zero attached hydrogens (tertiary/aromatic N) is 1. The predicted octanol–water partition coefficient (Wildman–Crippen LogP) is 2.81. The molecule has 3 nitrogen and oxygen atoms in total. The van der Waals surface area contributed by atoms with E-state index in [1.54, 1.807) is 6.20 Å². The summed E-state index contributed by atoms with van der Waals surface area (Å²) in [6.45, 7) is 2.87. The first-order valence-electron chi connectivity index (χ1n) is 6.22. The number of nitrogens with one attached hydrogen (secondary N) is 1. The van der Waals surface area contributed by atoms with E-state index in [2.05, 4.69) is 29.4 Å². The smallest absolute Gasteiger partial charge is 0.123 e. The molecule has 0 saturated carbocycles. The Balaban J connectivity index is 1.62. The minimum atomic E-state index is 0.218. The molecule has 1 N–H and O–H groups in total. The molecule has 2 aromatic rings. The van der Waals surface area contributed by atoms with Gasteiger partial charge in [0.15, 0.2) is 0 Å². The van der Waals surface area contributed by atoms with Crippen LogP contribution in [0.3, 0.4) is 0 Å². The lowest BCUT2D eigenvalue weighted by Gasteiger charge is -2.14. The first-order valence-corrected chi connectivity index (χ1v) is 6.22. The van der Waals surface area contributed by atoms with Crippen LogP contribution in [0.4, 0.5) is 5.69 Å². The van der Waals surface area contributed by atoms with Crippen molar-refractivity contribution in [2.75, 3.05) is 11.9 Å². The molecule has 92 valence electrons. The number of rotatable bonds is 3. The van der Waals surface area contributed by atoms with E-state index in [0.717, 1.165) is 30.0 Å². The first-order chi connectivity index (χ1) is 8.83. The van der Waals surface area contributed by atoms with Gasteiger partial charge < -0.3 is 10.1 Å². The van der Waals surface area contributed by atoms with Gasteiger partial charge in [0.1, 0.15) is 11.9 Å². The van der Waals surface area contributed by atoms with Crippen molar-refractivity contribution in [3.63, 3.8) is 0 Å². The molecule has 0 amide bonds. The minimum Gasteiger partial charge on any atom is -0.488 e. The molecule has 0 bridgehead atoms. The van der Waals surface area contributed by atoms with Crippen LogP contribution in [0.15, 0.2) is 42.7 Å². The number of aryl methyl sites for hydroxylation is 1. The van der Waals surface area contributed by atoms with E-state index in [1.165, 1.54) is 5.56 Å². The van der Waals surface area contributed by atoms with Crippen molar-refractivity contribution in [3.05, 3.63) is 53.9 Å². The van der Waals surface area contributed by atoms with E-state index in [-0.39, 0.29) is 6.10 Å². The summed E-state index contributed by atoms with van der Waals surface area (Å²) >= 11 is 0. The number of anilines is 1. The average Bonchev–Trinajstić information content (AvgIpc) is 2.80. The number of aromatic nitrogens is 1. The number of hydrogen-bond donors (Lipinski definition) is 1. The summed E-state index contributed by atoms with van der Waals surface area (Å²) in [4.78, 5) is 4.09.